The van der Waals surface area contributed by atoms with Crippen molar-refractivity contribution in [2.24, 2.45) is 0 Å². The van der Waals surface area contributed by atoms with E-state index < -0.39 is 0 Å². The van der Waals surface area contributed by atoms with E-state index in [4.69, 9.17) is 23.2 Å². The summed E-state index contributed by atoms with van der Waals surface area (Å²) in [7, 11) is 0. The summed E-state index contributed by atoms with van der Waals surface area (Å²) in [6.07, 6.45) is 6.10. The lowest BCUT2D eigenvalue weighted by Crippen LogP contribution is -2.46. The van der Waals surface area contributed by atoms with Crippen LogP contribution in [0.1, 0.15) is 36.0 Å². The van der Waals surface area contributed by atoms with E-state index in [0.717, 1.165) is 25.9 Å². The Balaban J connectivity index is 1.71. The molecular formula is C14H17Cl2N3O. The van der Waals surface area contributed by atoms with E-state index in [2.05, 4.69) is 15.2 Å². The van der Waals surface area contributed by atoms with E-state index in [0.29, 0.717) is 16.6 Å². The van der Waals surface area contributed by atoms with Gasteiger partial charge in [-0.3, -0.25) is 9.69 Å². The number of hydrogen-bond donors (Lipinski definition) is 1. The molecule has 0 radical (unpaired) electrons. The maximum absolute atomic E-state index is 12.3. The van der Waals surface area contributed by atoms with Gasteiger partial charge < -0.3 is 5.32 Å². The van der Waals surface area contributed by atoms with Gasteiger partial charge in [0, 0.05) is 24.8 Å². The molecule has 0 aliphatic carbocycles. The highest BCUT2D eigenvalue weighted by atomic mass is 35.5. The molecule has 6 heteroatoms. The summed E-state index contributed by atoms with van der Waals surface area (Å²) in [5.41, 5.74) is 0.404. The van der Waals surface area contributed by atoms with E-state index in [-0.39, 0.29) is 17.1 Å². The van der Waals surface area contributed by atoms with Crippen LogP contribution in [0, 0.1) is 0 Å². The van der Waals surface area contributed by atoms with E-state index in [1.165, 1.54) is 25.1 Å². The number of piperidine rings is 1. The SMILES string of the molecule is O=C(NC1CCN2CCCCC12)c1cc(Cl)ncc1Cl. The van der Waals surface area contributed by atoms with Crippen molar-refractivity contribution < 1.29 is 4.79 Å². The largest absolute Gasteiger partial charge is 0.348 e. The molecule has 3 rings (SSSR count). The van der Waals surface area contributed by atoms with E-state index >= 15 is 0 Å². The van der Waals surface area contributed by atoms with Crippen LogP contribution in [-0.2, 0) is 0 Å². The molecule has 2 saturated heterocycles. The molecule has 0 aromatic carbocycles. The molecule has 2 unspecified atom stereocenters. The predicted molar refractivity (Wildman–Crippen MR) is 79.3 cm³/mol. The Morgan fingerprint density at radius 1 is 1.30 bits per heavy atom. The minimum atomic E-state index is -0.156. The highest BCUT2D eigenvalue weighted by Gasteiger charge is 2.36. The van der Waals surface area contributed by atoms with Gasteiger partial charge in [0.1, 0.15) is 5.15 Å². The Labute approximate surface area is 128 Å². The zero-order valence-electron chi connectivity index (χ0n) is 11.1. The smallest absolute Gasteiger partial charge is 0.253 e. The van der Waals surface area contributed by atoms with Crippen LogP contribution in [0.25, 0.3) is 0 Å². The number of nitrogens with zero attached hydrogens (tertiary/aromatic N) is 2. The van der Waals surface area contributed by atoms with Gasteiger partial charge in [-0.2, -0.15) is 0 Å². The monoisotopic (exact) mass is 313 g/mol. The van der Waals surface area contributed by atoms with Crippen molar-refractivity contribution >= 4 is 29.1 Å². The van der Waals surface area contributed by atoms with Crippen molar-refractivity contribution in [3.8, 4) is 0 Å². The molecule has 2 fully saturated rings. The first-order chi connectivity index (χ1) is 9.65. The molecule has 0 saturated carbocycles. The molecule has 1 aromatic heterocycles. The van der Waals surface area contributed by atoms with Crippen molar-refractivity contribution in [2.45, 2.75) is 37.8 Å². The number of aromatic nitrogens is 1. The average Bonchev–Trinajstić information content (AvgIpc) is 2.85. The lowest BCUT2D eigenvalue weighted by Gasteiger charge is -2.32. The minimum Gasteiger partial charge on any atom is -0.348 e. The quantitative estimate of drug-likeness (QED) is 0.854. The topological polar surface area (TPSA) is 45.2 Å². The molecule has 2 aliphatic rings. The van der Waals surface area contributed by atoms with Gasteiger partial charge in [0.25, 0.3) is 5.91 Å². The summed E-state index contributed by atoms with van der Waals surface area (Å²) in [5, 5.41) is 3.73. The Morgan fingerprint density at radius 3 is 3.00 bits per heavy atom. The van der Waals surface area contributed by atoms with Gasteiger partial charge in [0.05, 0.1) is 10.6 Å². The second-order valence-corrected chi connectivity index (χ2v) is 6.25. The number of amides is 1. The number of carbonyl (C=O) groups is 1. The number of fused-ring (bicyclic) bond motifs is 1. The van der Waals surface area contributed by atoms with Crippen molar-refractivity contribution in [3.63, 3.8) is 0 Å². The van der Waals surface area contributed by atoms with Crippen LogP contribution in [0.2, 0.25) is 10.2 Å². The zero-order chi connectivity index (χ0) is 14.1. The maximum Gasteiger partial charge on any atom is 0.253 e. The van der Waals surface area contributed by atoms with Crippen LogP contribution in [0.5, 0.6) is 0 Å². The lowest BCUT2D eigenvalue weighted by atomic mass is 9.99. The van der Waals surface area contributed by atoms with Gasteiger partial charge in [0.15, 0.2) is 0 Å². The van der Waals surface area contributed by atoms with Crippen LogP contribution < -0.4 is 5.32 Å². The maximum atomic E-state index is 12.3. The molecule has 0 spiro atoms. The second-order valence-electron chi connectivity index (χ2n) is 5.45. The molecule has 1 amide bonds. The predicted octanol–water partition coefficient (Wildman–Crippen LogP) is 2.75. The molecular weight excluding hydrogens is 297 g/mol. The number of hydrogen-bond acceptors (Lipinski definition) is 3. The Hall–Kier alpha value is -0.840. The Morgan fingerprint density at radius 2 is 2.15 bits per heavy atom. The highest BCUT2D eigenvalue weighted by molar-refractivity contribution is 6.35. The summed E-state index contributed by atoms with van der Waals surface area (Å²) in [4.78, 5) is 18.7. The Kier molecular flexibility index (Phi) is 4.15. The van der Waals surface area contributed by atoms with Crippen LogP contribution in [0.4, 0.5) is 0 Å². The molecule has 1 aromatic rings. The third-order valence-electron chi connectivity index (χ3n) is 4.24. The average molecular weight is 314 g/mol. The highest BCUT2D eigenvalue weighted by Crippen LogP contribution is 2.27. The van der Waals surface area contributed by atoms with E-state index in [1.807, 2.05) is 0 Å². The summed E-state index contributed by atoms with van der Waals surface area (Å²) in [6.45, 7) is 2.22. The summed E-state index contributed by atoms with van der Waals surface area (Å²) < 4.78 is 0. The lowest BCUT2D eigenvalue weighted by molar-refractivity contribution is 0.0915. The van der Waals surface area contributed by atoms with Crippen LogP contribution in [0.15, 0.2) is 12.3 Å². The molecule has 3 heterocycles. The van der Waals surface area contributed by atoms with Gasteiger partial charge in [0.2, 0.25) is 0 Å². The van der Waals surface area contributed by atoms with Gasteiger partial charge in [-0.25, -0.2) is 4.98 Å². The van der Waals surface area contributed by atoms with E-state index in [9.17, 15) is 4.79 Å². The van der Waals surface area contributed by atoms with Crippen LogP contribution in [0.3, 0.4) is 0 Å². The molecule has 20 heavy (non-hydrogen) atoms. The van der Waals surface area contributed by atoms with Crippen LogP contribution >= 0.6 is 23.2 Å². The molecule has 0 bridgehead atoms. The first-order valence-corrected chi connectivity index (χ1v) is 7.77. The van der Waals surface area contributed by atoms with E-state index in [1.54, 1.807) is 0 Å². The Bertz CT molecular complexity index is 523. The molecule has 108 valence electrons. The second kappa shape index (κ2) is 5.88. The molecule has 2 aliphatic heterocycles. The van der Waals surface area contributed by atoms with Crippen molar-refractivity contribution in [2.75, 3.05) is 13.1 Å². The van der Waals surface area contributed by atoms with Gasteiger partial charge in [-0.05, 0) is 31.9 Å². The number of carbonyl (C=O) groups excluding carboxylic acids is 1. The number of nitrogens with one attached hydrogen (secondary N) is 1. The van der Waals surface area contributed by atoms with Gasteiger partial charge in [-0.1, -0.05) is 29.6 Å². The number of rotatable bonds is 2. The summed E-state index contributed by atoms with van der Waals surface area (Å²) in [5.74, 6) is -0.156. The third-order valence-corrected chi connectivity index (χ3v) is 4.75. The molecule has 4 nitrogen and oxygen atoms in total. The molecule has 2 atom stereocenters. The molecule has 1 N–H and O–H groups in total. The minimum absolute atomic E-state index is 0.156. The van der Waals surface area contributed by atoms with Crippen LogP contribution in [-0.4, -0.2) is 41.0 Å². The fourth-order valence-electron chi connectivity index (χ4n) is 3.25. The third kappa shape index (κ3) is 2.78. The normalized spacial score (nSPS) is 26.3. The van der Waals surface area contributed by atoms with Crippen molar-refractivity contribution in [1.29, 1.82) is 0 Å². The van der Waals surface area contributed by atoms with Crippen molar-refractivity contribution in [3.05, 3.63) is 28.0 Å². The number of halogens is 2. The first-order valence-electron chi connectivity index (χ1n) is 7.01. The fraction of sp³-hybridized carbons (Fsp3) is 0.571. The standard InChI is InChI=1S/C14H17Cl2N3O/c15-10-8-17-13(16)7-9(10)14(20)18-11-4-6-19-5-2-1-3-12(11)19/h7-8,11-12H,1-6H2,(H,18,20). The van der Waals surface area contributed by atoms with Gasteiger partial charge >= 0.3 is 0 Å². The zero-order valence-corrected chi connectivity index (χ0v) is 12.6. The summed E-state index contributed by atoms with van der Waals surface area (Å²) in [6, 6.07) is 2.21. The fourth-order valence-corrected chi connectivity index (χ4v) is 3.60. The van der Waals surface area contributed by atoms with Crippen molar-refractivity contribution in [1.82, 2.24) is 15.2 Å². The van der Waals surface area contributed by atoms with Gasteiger partial charge in [-0.15, -0.1) is 0 Å². The first kappa shape index (κ1) is 14.1. The number of pyridine rings is 1. The summed E-state index contributed by atoms with van der Waals surface area (Å²) >= 11 is 11.9.